The smallest absolute Gasteiger partial charge is 0.409 e. The second-order valence-electron chi connectivity index (χ2n) is 7.46. The van der Waals surface area contributed by atoms with E-state index in [0.29, 0.717) is 13.0 Å². The van der Waals surface area contributed by atoms with Crippen molar-refractivity contribution in [2.45, 2.75) is 19.3 Å². The van der Waals surface area contributed by atoms with Crippen LogP contribution in [-0.2, 0) is 9.53 Å². The third kappa shape index (κ3) is 3.18. The molecule has 0 spiro atoms. The van der Waals surface area contributed by atoms with Gasteiger partial charge in [0.15, 0.2) is 0 Å². The molecule has 4 rings (SSSR count). The van der Waals surface area contributed by atoms with Crippen LogP contribution >= 0.6 is 0 Å². The molecule has 1 amide bonds. The van der Waals surface area contributed by atoms with Gasteiger partial charge in [-0.1, -0.05) is 55.5 Å². The van der Waals surface area contributed by atoms with E-state index in [2.05, 4.69) is 24.3 Å². The van der Waals surface area contributed by atoms with E-state index in [1.165, 1.54) is 27.2 Å². The maximum Gasteiger partial charge on any atom is 0.409 e. The Kier molecular flexibility index (Phi) is 4.60. The lowest BCUT2D eigenvalue weighted by Gasteiger charge is -2.34. The SMILES string of the molecule is C[C@@H]1CCN(C(=O)OCC2c3ccccc3-c3ccccc32)C[C@@H]1C(=O)O. The van der Waals surface area contributed by atoms with Gasteiger partial charge in [-0.2, -0.15) is 0 Å². The van der Waals surface area contributed by atoms with Gasteiger partial charge in [0.1, 0.15) is 6.61 Å². The molecule has 1 aliphatic carbocycles. The van der Waals surface area contributed by atoms with Gasteiger partial charge in [-0.25, -0.2) is 4.79 Å². The zero-order chi connectivity index (χ0) is 19.0. The minimum atomic E-state index is -0.848. The molecule has 0 unspecified atom stereocenters. The molecule has 2 aliphatic rings. The fourth-order valence-corrected chi connectivity index (χ4v) is 4.24. The summed E-state index contributed by atoms with van der Waals surface area (Å²) in [6.45, 7) is 2.94. The van der Waals surface area contributed by atoms with Crippen molar-refractivity contribution in [2.24, 2.45) is 11.8 Å². The van der Waals surface area contributed by atoms with Crippen molar-refractivity contribution in [1.82, 2.24) is 4.90 Å². The third-order valence-electron chi connectivity index (χ3n) is 5.87. The fraction of sp³-hybridized carbons (Fsp3) is 0.364. The Hall–Kier alpha value is -2.82. The lowest BCUT2D eigenvalue weighted by molar-refractivity contribution is -0.145. The number of nitrogens with zero attached hydrogens (tertiary/aromatic N) is 1. The largest absolute Gasteiger partial charge is 0.481 e. The molecule has 2 aromatic rings. The van der Waals surface area contributed by atoms with Gasteiger partial charge in [-0.15, -0.1) is 0 Å². The molecule has 1 fully saturated rings. The van der Waals surface area contributed by atoms with Crippen LogP contribution in [-0.4, -0.2) is 41.8 Å². The zero-order valence-electron chi connectivity index (χ0n) is 15.3. The van der Waals surface area contributed by atoms with Crippen LogP contribution in [0.25, 0.3) is 11.1 Å². The maximum atomic E-state index is 12.6. The molecular weight excluding hydrogens is 342 g/mol. The highest BCUT2D eigenvalue weighted by atomic mass is 16.6. The Balaban J connectivity index is 1.47. The molecule has 0 bridgehead atoms. The Morgan fingerprint density at radius 1 is 1.07 bits per heavy atom. The predicted octanol–water partition coefficient (Wildman–Crippen LogP) is 3.98. The average molecular weight is 365 g/mol. The van der Waals surface area contributed by atoms with Crippen LogP contribution in [0.2, 0.25) is 0 Å². The van der Waals surface area contributed by atoms with Gasteiger partial charge in [-0.05, 0) is 34.6 Å². The number of likely N-dealkylation sites (tertiary alicyclic amines) is 1. The highest BCUT2D eigenvalue weighted by Gasteiger charge is 2.35. The molecule has 5 nitrogen and oxygen atoms in total. The Morgan fingerprint density at radius 2 is 1.67 bits per heavy atom. The van der Waals surface area contributed by atoms with E-state index in [-0.39, 0.29) is 25.0 Å². The topological polar surface area (TPSA) is 66.8 Å². The summed E-state index contributed by atoms with van der Waals surface area (Å²) in [6.07, 6.45) is 0.260. The van der Waals surface area contributed by atoms with Crippen molar-refractivity contribution in [3.63, 3.8) is 0 Å². The molecule has 140 valence electrons. The Labute approximate surface area is 158 Å². The number of amides is 1. The summed E-state index contributed by atoms with van der Waals surface area (Å²) in [4.78, 5) is 25.5. The molecule has 0 radical (unpaired) electrons. The molecular formula is C22H23NO4. The average Bonchev–Trinajstić information content (AvgIpc) is 3.00. The number of carboxylic acids is 1. The highest BCUT2D eigenvalue weighted by molar-refractivity contribution is 5.79. The molecule has 1 heterocycles. The van der Waals surface area contributed by atoms with Crippen LogP contribution in [0.3, 0.4) is 0 Å². The minimum Gasteiger partial charge on any atom is -0.481 e. The van der Waals surface area contributed by atoms with Crippen LogP contribution in [0.4, 0.5) is 4.79 Å². The third-order valence-corrected chi connectivity index (χ3v) is 5.87. The van der Waals surface area contributed by atoms with Crippen molar-refractivity contribution in [3.8, 4) is 11.1 Å². The van der Waals surface area contributed by atoms with Crippen LogP contribution in [0.5, 0.6) is 0 Å². The second-order valence-corrected chi connectivity index (χ2v) is 7.46. The number of piperidine rings is 1. The number of hydrogen-bond acceptors (Lipinski definition) is 3. The molecule has 1 aliphatic heterocycles. The fourth-order valence-electron chi connectivity index (χ4n) is 4.24. The number of ether oxygens (including phenoxy) is 1. The van der Waals surface area contributed by atoms with Gasteiger partial charge in [0.2, 0.25) is 0 Å². The number of carboxylic acid groups (broad SMARTS) is 1. The lowest BCUT2D eigenvalue weighted by atomic mass is 9.87. The standard InChI is InChI=1S/C22H23NO4/c1-14-10-11-23(12-19(14)21(24)25)22(26)27-13-20-17-8-4-2-6-15(17)16-7-3-5-9-18(16)20/h2-9,14,19-20H,10-13H2,1H3,(H,24,25)/t14-,19+/m1/s1. The summed E-state index contributed by atoms with van der Waals surface area (Å²) in [7, 11) is 0. The monoisotopic (exact) mass is 365 g/mol. The second kappa shape index (κ2) is 7.06. The normalized spacial score (nSPS) is 21.4. The number of fused-ring (bicyclic) bond motifs is 3. The number of hydrogen-bond donors (Lipinski definition) is 1. The summed E-state index contributed by atoms with van der Waals surface area (Å²) in [5, 5.41) is 9.35. The molecule has 0 aromatic heterocycles. The summed E-state index contributed by atoms with van der Waals surface area (Å²) < 4.78 is 5.64. The highest BCUT2D eigenvalue weighted by Crippen LogP contribution is 2.44. The van der Waals surface area contributed by atoms with E-state index in [9.17, 15) is 14.7 Å². The van der Waals surface area contributed by atoms with Crippen molar-refractivity contribution in [3.05, 3.63) is 59.7 Å². The van der Waals surface area contributed by atoms with Gasteiger partial charge in [0.25, 0.3) is 0 Å². The van der Waals surface area contributed by atoms with Gasteiger partial charge < -0.3 is 14.7 Å². The van der Waals surface area contributed by atoms with E-state index in [4.69, 9.17) is 4.74 Å². The summed E-state index contributed by atoms with van der Waals surface area (Å²) in [6, 6.07) is 16.4. The molecule has 27 heavy (non-hydrogen) atoms. The van der Waals surface area contributed by atoms with E-state index in [1.54, 1.807) is 0 Å². The Bertz CT molecular complexity index is 833. The molecule has 5 heteroatoms. The molecule has 0 saturated carbocycles. The molecule has 1 saturated heterocycles. The predicted molar refractivity (Wildman–Crippen MR) is 102 cm³/mol. The number of carbonyl (C=O) groups excluding carboxylic acids is 1. The molecule has 2 atom stereocenters. The van der Waals surface area contributed by atoms with Crippen LogP contribution < -0.4 is 0 Å². The minimum absolute atomic E-state index is 0.0142. The van der Waals surface area contributed by atoms with Gasteiger partial charge in [0, 0.05) is 19.0 Å². The van der Waals surface area contributed by atoms with Crippen molar-refractivity contribution < 1.29 is 19.4 Å². The van der Waals surface area contributed by atoms with E-state index in [1.807, 2.05) is 31.2 Å². The molecule has 1 N–H and O–H groups in total. The van der Waals surface area contributed by atoms with E-state index < -0.39 is 18.0 Å². The summed E-state index contributed by atoms with van der Waals surface area (Å²) >= 11 is 0. The number of rotatable bonds is 3. The first-order valence-corrected chi connectivity index (χ1v) is 9.39. The van der Waals surface area contributed by atoms with Crippen molar-refractivity contribution in [2.75, 3.05) is 19.7 Å². The van der Waals surface area contributed by atoms with Gasteiger partial charge >= 0.3 is 12.1 Å². The maximum absolute atomic E-state index is 12.6. The van der Waals surface area contributed by atoms with Crippen LogP contribution in [0, 0.1) is 11.8 Å². The zero-order valence-corrected chi connectivity index (χ0v) is 15.3. The van der Waals surface area contributed by atoms with Gasteiger partial charge in [0.05, 0.1) is 5.92 Å². The van der Waals surface area contributed by atoms with Crippen LogP contribution in [0.15, 0.2) is 48.5 Å². The summed E-state index contributed by atoms with van der Waals surface area (Å²) in [5.41, 5.74) is 4.71. The number of aliphatic carboxylic acids is 1. The quantitative estimate of drug-likeness (QED) is 0.893. The van der Waals surface area contributed by atoms with Crippen molar-refractivity contribution >= 4 is 12.1 Å². The first-order valence-electron chi connectivity index (χ1n) is 9.39. The van der Waals surface area contributed by atoms with Crippen LogP contribution in [0.1, 0.15) is 30.4 Å². The first kappa shape index (κ1) is 17.6. The molecule has 2 aromatic carbocycles. The van der Waals surface area contributed by atoms with Gasteiger partial charge in [-0.3, -0.25) is 4.79 Å². The lowest BCUT2D eigenvalue weighted by Crippen LogP contribution is -2.46. The van der Waals surface area contributed by atoms with Crippen molar-refractivity contribution in [1.29, 1.82) is 0 Å². The first-order chi connectivity index (χ1) is 13.1. The number of benzene rings is 2. The van der Waals surface area contributed by atoms with E-state index in [0.717, 1.165) is 0 Å². The summed E-state index contributed by atoms with van der Waals surface area (Å²) in [5.74, 6) is -1.29. The number of carbonyl (C=O) groups is 2. The van der Waals surface area contributed by atoms with E-state index >= 15 is 0 Å². The Morgan fingerprint density at radius 3 is 2.26 bits per heavy atom.